The molecule has 50 heavy (non-hydrogen) atoms. The first-order valence-corrected chi connectivity index (χ1v) is 17.1. The third-order valence-corrected chi connectivity index (χ3v) is 8.30. The molecule has 2 atom stereocenters. The number of rotatable bonds is 10. The monoisotopic (exact) mass is 722 g/mol. The van der Waals surface area contributed by atoms with E-state index in [0.717, 1.165) is 37.3 Å². The fourth-order valence-corrected chi connectivity index (χ4v) is 5.80. The quantitative estimate of drug-likeness (QED) is 0.152. The summed E-state index contributed by atoms with van der Waals surface area (Å²) in [6.45, 7) is 9.22. The Morgan fingerprint density at radius 1 is 0.740 bits per heavy atom. The van der Waals surface area contributed by atoms with Gasteiger partial charge in [0.25, 0.3) is 11.8 Å². The molecule has 14 heteroatoms. The number of halogens is 2. The Labute approximate surface area is 301 Å². The summed E-state index contributed by atoms with van der Waals surface area (Å²) in [5, 5.41) is 13.3. The molecule has 0 bridgehead atoms. The van der Waals surface area contributed by atoms with Gasteiger partial charge in [0.1, 0.15) is 0 Å². The Kier molecular flexibility index (Phi) is 13.8. The molecule has 12 nitrogen and oxygen atoms in total. The number of amides is 2. The molecule has 2 amide bonds. The van der Waals surface area contributed by atoms with Crippen LogP contribution in [0.5, 0.6) is 11.8 Å². The van der Waals surface area contributed by atoms with Crippen LogP contribution in [0.3, 0.4) is 0 Å². The van der Waals surface area contributed by atoms with Gasteiger partial charge in [0, 0.05) is 88.8 Å². The number of nitrogens with one attached hydrogen (secondary N) is 4. The summed E-state index contributed by atoms with van der Waals surface area (Å²) >= 11 is 12.7. The van der Waals surface area contributed by atoms with E-state index in [1.54, 1.807) is 42.6 Å². The lowest BCUT2D eigenvalue weighted by Crippen LogP contribution is -2.33. The van der Waals surface area contributed by atoms with Gasteiger partial charge in [0.2, 0.25) is 11.8 Å². The van der Waals surface area contributed by atoms with Gasteiger partial charge in [-0.1, -0.05) is 35.3 Å². The molecule has 4 aromatic rings. The molecule has 4 heterocycles. The Hall–Kier alpha value is -4.30. The van der Waals surface area contributed by atoms with Crippen molar-refractivity contribution in [3.63, 3.8) is 0 Å². The van der Waals surface area contributed by atoms with Gasteiger partial charge in [-0.25, -0.2) is 9.97 Å². The Bertz CT molecular complexity index is 1730. The summed E-state index contributed by atoms with van der Waals surface area (Å²) in [7, 11) is 0. The lowest BCUT2D eigenvalue weighted by molar-refractivity contribution is 0.0277. The van der Waals surface area contributed by atoms with E-state index in [-0.39, 0.29) is 24.0 Å². The normalized spacial score (nSPS) is 17.1. The topological polar surface area (TPSA) is 145 Å². The minimum absolute atomic E-state index is 0.0682. The van der Waals surface area contributed by atoms with Gasteiger partial charge >= 0.3 is 0 Å². The number of morpholine rings is 2. The lowest BCUT2D eigenvalue weighted by atomic mass is 10.1. The molecule has 0 saturated carbocycles. The number of ether oxygens (including phenoxy) is 4. The summed E-state index contributed by atoms with van der Waals surface area (Å²) in [4.78, 5) is 32.9. The van der Waals surface area contributed by atoms with Crippen LogP contribution in [0.2, 0.25) is 10.0 Å². The van der Waals surface area contributed by atoms with Gasteiger partial charge in [-0.3, -0.25) is 9.59 Å². The number of anilines is 2. The molecule has 2 aliphatic heterocycles. The van der Waals surface area contributed by atoms with E-state index in [1.165, 1.54) is 6.20 Å². The van der Waals surface area contributed by atoms with Gasteiger partial charge in [-0.2, -0.15) is 0 Å². The first-order chi connectivity index (χ1) is 24.3. The molecule has 2 aromatic heterocycles. The smallest absolute Gasteiger partial charge is 0.257 e. The highest BCUT2D eigenvalue weighted by molar-refractivity contribution is 6.32. The maximum absolute atomic E-state index is 12.4. The van der Waals surface area contributed by atoms with Crippen LogP contribution in [0.25, 0.3) is 0 Å². The first-order valence-electron chi connectivity index (χ1n) is 16.4. The van der Waals surface area contributed by atoms with E-state index >= 15 is 0 Å². The first kappa shape index (κ1) is 37.0. The maximum atomic E-state index is 12.4. The summed E-state index contributed by atoms with van der Waals surface area (Å²) in [5.41, 5.74) is 3.99. The summed E-state index contributed by atoms with van der Waals surface area (Å²) in [5.74, 6) is 0.413. The van der Waals surface area contributed by atoms with Gasteiger partial charge in [-0.15, -0.1) is 0 Å². The number of hydrogen-bond donors (Lipinski definition) is 4. The molecule has 2 aromatic carbocycles. The molecule has 0 unspecified atom stereocenters. The third-order valence-electron chi connectivity index (χ3n) is 7.65. The third kappa shape index (κ3) is 10.4. The second-order valence-electron chi connectivity index (χ2n) is 11.1. The zero-order chi connectivity index (χ0) is 35.3. The van der Waals surface area contributed by atoms with Gasteiger partial charge in [0.05, 0.1) is 44.2 Å². The van der Waals surface area contributed by atoms with Crippen LogP contribution in [0, 0.1) is 0 Å². The van der Waals surface area contributed by atoms with Crippen LogP contribution in [-0.4, -0.2) is 74.4 Å². The fraction of sp³-hybridized carbons (Fsp3) is 0.333. The number of carbonyl (C=O) groups excluding carboxylic acids is 2. The summed E-state index contributed by atoms with van der Waals surface area (Å²) < 4.78 is 22.0. The van der Waals surface area contributed by atoms with E-state index < -0.39 is 0 Å². The predicted molar refractivity (Wildman–Crippen MR) is 193 cm³/mol. The van der Waals surface area contributed by atoms with Crippen molar-refractivity contribution in [1.29, 1.82) is 0 Å². The SMILES string of the molecule is CCOc1cc(C(=O)Nc2ccc([C@@H]3CNCCO3)c(Cl)c2)ccn1.CCOc1ccc(C(=O)Nc2ccc([C@@H]3CNCCO3)c(Cl)c2)cn1. The molecule has 2 fully saturated rings. The van der Waals surface area contributed by atoms with Gasteiger partial charge < -0.3 is 40.2 Å². The van der Waals surface area contributed by atoms with Crippen molar-refractivity contribution in [3.05, 3.63) is 105 Å². The van der Waals surface area contributed by atoms with Crippen molar-refractivity contribution in [1.82, 2.24) is 20.6 Å². The molecule has 2 aliphatic rings. The predicted octanol–water partition coefficient (Wildman–Crippen LogP) is 6.09. The van der Waals surface area contributed by atoms with Crippen LogP contribution in [0.15, 0.2) is 73.1 Å². The molecular weight excluding hydrogens is 683 g/mol. The number of hydrogen-bond acceptors (Lipinski definition) is 10. The number of carbonyl (C=O) groups is 2. The molecular formula is C36H40Cl2N6O6. The van der Waals surface area contributed by atoms with E-state index in [4.69, 9.17) is 42.1 Å². The van der Waals surface area contributed by atoms with Gasteiger partial charge in [0.15, 0.2) is 0 Å². The van der Waals surface area contributed by atoms with E-state index in [9.17, 15) is 9.59 Å². The molecule has 0 aliphatic carbocycles. The zero-order valence-corrected chi connectivity index (χ0v) is 29.4. The van der Waals surface area contributed by atoms with E-state index in [2.05, 4.69) is 31.2 Å². The Morgan fingerprint density at radius 2 is 1.30 bits per heavy atom. The highest BCUT2D eigenvalue weighted by atomic mass is 35.5. The molecule has 6 rings (SSSR count). The number of aromatic nitrogens is 2. The molecule has 264 valence electrons. The number of benzene rings is 2. The maximum Gasteiger partial charge on any atom is 0.257 e. The standard InChI is InChI=1S/2C18H20ClN3O3/c1-2-24-17-6-3-12(10-21-17)18(23)22-13-4-5-14(15(19)9-13)16-11-20-7-8-25-16;1-2-24-17-9-12(5-6-21-17)18(23)22-13-3-4-14(15(19)10-13)16-11-20-7-8-25-16/h2*3-6,9-10,16,20H,2,7-8,11H2,1H3,(H,22,23)/t2*16-/m00/s1. The summed E-state index contributed by atoms with van der Waals surface area (Å²) in [6, 6.07) is 17.4. The summed E-state index contributed by atoms with van der Waals surface area (Å²) in [6.07, 6.45) is 2.89. The average molecular weight is 724 g/mol. The second kappa shape index (κ2) is 18.6. The largest absolute Gasteiger partial charge is 0.478 e. The molecule has 2 saturated heterocycles. The highest BCUT2D eigenvalue weighted by Gasteiger charge is 2.20. The van der Waals surface area contributed by atoms with Crippen molar-refractivity contribution in [2.45, 2.75) is 26.1 Å². The van der Waals surface area contributed by atoms with E-state index in [1.807, 2.05) is 38.1 Å². The minimum atomic E-state index is -0.255. The number of nitrogens with zero attached hydrogens (tertiary/aromatic N) is 2. The Morgan fingerprint density at radius 3 is 1.78 bits per heavy atom. The number of pyridine rings is 2. The van der Waals surface area contributed by atoms with Crippen molar-refractivity contribution >= 4 is 46.4 Å². The van der Waals surface area contributed by atoms with Crippen LogP contribution < -0.4 is 30.7 Å². The van der Waals surface area contributed by atoms with Crippen molar-refractivity contribution in [3.8, 4) is 11.8 Å². The molecule has 4 N–H and O–H groups in total. The second-order valence-corrected chi connectivity index (χ2v) is 12.0. The van der Waals surface area contributed by atoms with Crippen LogP contribution in [0.1, 0.15) is 57.9 Å². The van der Waals surface area contributed by atoms with Crippen LogP contribution in [0.4, 0.5) is 11.4 Å². The Balaban J connectivity index is 0.000000194. The van der Waals surface area contributed by atoms with E-state index in [0.29, 0.717) is 70.7 Å². The van der Waals surface area contributed by atoms with Crippen molar-refractivity contribution in [2.75, 3.05) is 63.2 Å². The zero-order valence-electron chi connectivity index (χ0n) is 27.8. The van der Waals surface area contributed by atoms with Crippen molar-refractivity contribution in [2.24, 2.45) is 0 Å². The average Bonchev–Trinajstić information content (AvgIpc) is 3.13. The van der Waals surface area contributed by atoms with Gasteiger partial charge in [-0.05, 0) is 50.2 Å². The lowest BCUT2D eigenvalue weighted by Gasteiger charge is -2.25. The minimum Gasteiger partial charge on any atom is -0.478 e. The fourth-order valence-electron chi connectivity index (χ4n) is 5.19. The van der Waals surface area contributed by atoms with Crippen LogP contribution in [-0.2, 0) is 9.47 Å². The molecule has 0 spiro atoms. The highest BCUT2D eigenvalue weighted by Crippen LogP contribution is 2.30. The van der Waals surface area contributed by atoms with Crippen LogP contribution >= 0.6 is 23.2 Å². The van der Waals surface area contributed by atoms with Crippen molar-refractivity contribution < 1.29 is 28.5 Å². The molecule has 0 radical (unpaired) electrons.